The van der Waals surface area contributed by atoms with Crippen molar-refractivity contribution in [3.05, 3.63) is 29.0 Å². The van der Waals surface area contributed by atoms with Crippen LogP contribution in [0.4, 0.5) is 5.13 Å². The molecule has 0 bridgehead atoms. The standard InChI is InChI=1S/C19H24N4O3S2/c1-4-21-28(25,26)15-8-13(17-10(2)22-19(20)27-17)7-14-9-23(18(24)16(14)15)11(3)12-5-6-12/h7-8,11-12,21H,4-6,9H2,1-3H3,(H2,20,22)/t11-/m0/s1. The van der Waals surface area contributed by atoms with E-state index in [1.54, 1.807) is 13.0 Å². The monoisotopic (exact) mass is 420 g/mol. The quantitative estimate of drug-likeness (QED) is 0.747. The first-order chi connectivity index (χ1) is 13.2. The zero-order valence-electron chi connectivity index (χ0n) is 16.2. The fourth-order valence-corrected chi connectivity index (χ4v) is 6.02. The fraction of sp³-hybridized carbons (Fsp3) is 0.474. The Morgan fingerprint density at radius 3 is 2.68 bits per heavy atom. The maximum absolute atomic E-state index is 13.2. The number of thiazole rings is 1. The lowest BCUT2D eigenvalue weighted by Crippen LogP contribution is -2.35. The predicted octanol–water partition coefficient (Wildman–Crippen LogP) is 2.75. The number of anilines is 1. The van der Waals surface area contributed by atoms with Crippen molar-refractivity contribution in [1.29, 1.82) is 0 Å². The summed E-state index contributed by atoms with van der Waals surface area (Å²) >= 11 is 1.32. The summed E-state index contributed by atoms with van der Waals surface area (Å²) in [6.07, 6.45) is 2.24. The van der Waals surface area contributed by atoms with Gasteiger partial charge in [0.2, 0.25) is 10.0 Å². The summed E-state index contributed by atoms with van der Waals surface area (Å²) in [6.45, 7) is 6.31. The molecule has 2 heterocycles. The summed E-state index contributed by atoms with van der Waals surface area (Å²) in [6, 6.07) is 3.61. The van der Waals surface area contributed by atoms with Crippen LogP contribution in [-0.4, -0.2) is 36.8 Å². The molecule has 0 unspecified atom stereocenters. The lowest BCUT2D eigenvalue weighted by Gasteiger charge is -2.24. The maximum Gasteiger partial charge on any atom is 0.256 e. The number of fused-ring (bicyclic) bond motifs is 1. The molecule has 2 aromatic rings. The molecular formula is C19H24N4O3S2. The molecule has 0 saturated heterocycles. The summed E-state index contributed by atoms with van der Waals surface area (Å²) in [5.74, 6) is 0.313. The molecule has 1 aliphatic heterocycles. The first kappa shape index (κ1) is 19.4. The Balaban J connectivity index is 1.88. The van der Waals surface area contributed by atoms with Crippen LogP contribution in [0.1, 0.15) is 48.3 Å². The van der Waals surface area contributed by atoms with Gasteiger partial charge >= 0.3 is 0 Å². The molecule has 9 heteroatoms. The highest BCUT2D eigenvalue weighted by Gasteiger charge is 2.41. The first-order valence-electron chi connectivity index (χ1n) is 9.43. The Labute approximate surface area is 169 Å². The fourth-order valence-electron chi connectivity index (χ4n) is 3.90. The second kappa shape index (κ2) is 6.82. The number of carbonyl (C=O) groups excluding carboxylic acids is 1. The molecule has 1 amide bonds. The third kappa shape index (κ3) is 3.21. The van der Waals surface area contributed by atoms with E-state index in [1.165, 1.54) is 11.3 Å². The number of benzene rings is 1. The topological polar surface area (TPSA) is 105 Å². The molecular weight excluding hydrogens is 396 g/mol. The predicted molar refractivity (Wildman–Crippen MR) is 110 cm³/mol. The van der Waals surface area contributed by atoms with Crippen LogP contribution in [0.25, 0.3) is 10.4 Å². The molecule has 28 heavy (non-hydrogen) atoms. The van der Waals surface area contributed by atoms with Gasteiger partial charge in [-0.25, -0.2) is 18.1 Å². The first-order valence-corrected chi connectivity index (χ1v) is 11.7. The Morgan fingerprint density at radius 2 is 2.11 bits per heavy atom. The Hall–Kier alpha value is -1.97. The third-order valence-electron chi connectivity index (χ3n) is 5.49. The lowest BCUT2D eigenvalue weighted by atomic mass is 10.0. The summed E-state index contributed by atoms with van der Waals surface area (Å²) in [5.41, 5.74) is 8.37. The molecule has 1 aliphatic carbocycles. The SMILES string of the molecule is CCNS(=O)(=O)c1cc(-c2sc(N)nc2C)cc2c1C(=O)N([C@@H](C)C1CC1)C2. The van der Waals surface area contributed by atoms with Gasteiger partial charge < -0.3 is 10.6 Å². The zero-order valence-corrected chi connectivity index (χ0v) is 17.8. The van der Waals surface area contributed by atoms with Gasteiger partial charge in [-0.1, -0.05) is 18.3 Å². The number of hydrogen-bond acceptors (Lipinski definition) is 6. The number of rotatable bonds is 6. The molecule has 1 aromatic carbocycles. The number of hydrogen-bond donors (Lipinski definition) is 2. The van der Waals surface area contributed by atoms with Crippen molar-refractivity contribution in [2.24, 2.45) is 5.92 Å². The molecule has 1 saturated carbocycles. The molecule has 1 aromatic heterocycles. The van der Waals surface area contributed by atoms with E-state index in [1.807, 2.05) is 17.9 Å². The summed E-state index contributed by atoms with van der Waals surface area (Å²) < 4.78 is 28.4. The molecule has 1 fully saturated rings. The van der Waals surface area contributed by atoms with Crippen LogP contribution >= 0.6 is 11.3 Å². The molecule has 150 valence electrons. The van der Waals surface area contributed by atoms with E-state index in [9.17, 15) is 13.2 Å². The average Bonchev–Trinajstić information content (AvgIpc) is 3.35. The van der Waals surface area contributed by atoms with Gasteiger partial charge in [0.1, 0.15) is 0 Å². The summed E-state index contributed by atoms with van der Waals surface area (Å²) in [5, 5.41) is 0.434. The minimum absolute atomic E-state index is 0.0451. The normalized spacial score (nSPS) is 17.8. The second-order valence-corrected chi connectivity index (χ2v) is 10.3. The number of nitrogens with zero attached hydrogens (tertiary/aromatic N) is 2. The average molecular weight is 421 g/mol. The smallest absolute Gasteiger partial charge is 0.256 e. The minimum atomic E-state index is -3.80. The van der Waals surface area contributed by atoms with Gasteiger partial charge in [0.25, 0.3) is 5.91 Å². The third-order valence-corrected chi connectivity index (χ3v) is 8.10. The molecule has 0 spiro atoms. The second-order valence-electron chi connectivity index (χ2n) is 7.49. The Bertz CT molecular complexity index is 1060. The van der Waals surface area contributed by atoms with Crippen molar-refractivity contribution >= 4 is 32.4 Å². The van der Waals surface area contributed by atoms with Crippen molar-refractivity contribution in [2.75, 3.05) is 12.3 Å². The number of sulfonamides is 1. The molecule has 3 N–H and O–H groups in total. The maximum atomic E-state index is 13.2. The largest absolute Gasteiger partial charge is 0.375 e. The van der Waals surface area contributed by atoms with Crippen LogP contribution in [-0.2, 0) is 16.6 Å². The van der Waals surface area contributed by atoms with Crippen LogP contribution < -0.4 is 10.5 Å². The van der Waals surface area contributed by atoms with E-state index < -0.39 is 10.0 Å². The van der Waals surface area contributed by atoms with Gasteiger partial charge in [-0.05, 0) is 55.9 Å². The number of aromatic nitrogens is 1. The number of nitrogens with one attached hydrogen (secondary N) is 1. The molecule has 1 atom stereocenters. The van der Waals surface area contributed by atoms with Crippen molar-refractivity contribution in [2.45, 2.75) is 51.1 Å². The van der Waals surface area contributed by atoms with Gasteiger partial charge in [-0.15, -0.1) is 0 Å². The van der Waals surface area contributed by atoms with Crippen LogP contribution in [0.15, 0.2) is 17.0 Å². The van der Waals surface area contributed by atoms with E-state index >= 15 is 0 Å². The number of aryl methyl sites for hydroxylation is 1. The number of nitrogens with two attached hydrogens (primary N) is 1. The molecule has 7 nitrogen and oxygen atoms in total. The van der Waals surface area contributed by atoms with Gasteiger partial charge in [0, 0.05) is 19.1 Å². The highest BCUT2D eigenvalue weighted by Crippen LogP contribution is 2.41. The van der Waals surface area contributed by atoms with E-state index in [-0.39, 0.29) is 23.4 Å². The van der Waals surface area contributed by atoms with E-state index in [0.717, 1.165) is 34.5 Å². The van der Waals surface area contributed by atoms with Crippen molar-refractivity contribution in [3.8, 4) is 10.4 Å². The highest BCUT2D eigenvalue weighted by atomic mass is 32.2. The molecule has 4 rings (SSSR count). The summed E-state index contributed by atoms with van der Waals surface area (Å²) in [7, 11) is -3.80. The van der Waals surface area contributed by atoms with Gasteiger partial charge in [-0.2, -0.15) is 0 Å². The van der Waals surface area contributed by atoms with E-state index in [0.29, 0.717) is 23.2 Å². The summed E-state index contributed by atoms with van der Waals surface area (Å²) in [4.78, 5) is 20.1. The van der Waals surface area contributed by atoms with Crippen LogP contribution in [0.5, 0.6) is 0 Å². The van der Waals surface area contributed by atoms with Crippen molar-refractivity contribution in [1.82, 2.24) is 14.6 Å². The van der Waals surface area contributed by atoms with Crippen LogP contribution in [0.2, 0.25) is 0 Å². The van der Waals surface area contributed by atoms with Crippen molar-refractivity contribution in [3.63, 3.8) is 0 Å². The Morgan fingerprint density at radius 1 is 1.39 bits per heavy atom. The number of nitrogen functional groups attached to an aromatic ring is 1. The number of carbonyl (C=O) groups is 1. The van der Waals surface area contributed by atoms with Crippen LogP contribution in [0, 0.1) is 12.8 Å². The van der Waals surface area contributed by atoms with Gasteiger partial charge in [-0.3, -0.25) is 4.79 Å². The van der Waals surface area contributed by atoms with E-state index in [2.05, 4.69) is 16.6 Å². The number of amides is 1. The molecule has 0 radical (unpaired) electrons. The zero-order chi connectivity index (χ0) is 20.2. The minimum Gasteiger partial charge on any atom is -0.375 e. The van der Waals surface area contributed by atoms with Crippen molar-refractivity contribution < 1.29 is 13.2 Å². The van der Waals surface area contributed by atoms with Gasteiger partial charge in [0.05, 0.1) is 21.0 Å². The highest BCUT2D eigenvalue weighted by molar-refractivity contribution is 7.89. The molecule has 2 aliphatic rings. The van der Waals surface area contributed by atoms with E-state index in [4.69, 9.17) is 5.73 Å². The lowest BCUT2D eigenvalue weighted by molar-refractivity contribution is 0.0694. The van der Waals surface area contributed by atoms with Crippen LogP contribution in [0.3, 0.4) is 0 Å². The van der Waals surface area contributed by atoms with Gasteiger partial charge in [0.15, 0.2) is 5.13 Å². The Kier molecular flexibility index (Phi) is 4.71.